The van der Waals surface area contributed by atoms with Crippen LogP contribution in [0.3, 0.4) is 0 Å². The van der Waals surface area contributed by atoms with Crippen molar-refractivity contribution in [3.8, 4) is 0 Å². The molecule has 0 spiro atoms. The number of nitrogens with one attached hydrogen (secondary N) is 1. The SMILES string of the molecule is CC(NCC1(O)CCOCC1)c1cnc2ccsc2c1. The van der Waals surface area contributed by atoms with E-state index in [9.17, 15) is 5.11 Å². The molecular formula is C15H20N2O2S. The first-order valence-corrected chi connectivity index (χ1v) is 7.91. The van der Waals surface area contributed by atoms with E-state index in [1.54, 1.807) is 11.3 Å². The molecule has 0 aliphatic carbocycles. The van der Waals surface area contributed by atoms with Crippen LogP contribution in [0.4, 0.5) is 0 Å². The molecule has 4 nitrogen and oxygen atoms in total. The fourth-order valence-corrected chi connectivity index (χ4v) is 3.28. The molecule has 2 aromatic heterocycles. The molecule has 0 aromatic carbocycles. The summed E-state index contributed by atoms with van der Waals surface area (Å²) in [7, 11) is 0. The zero-order valence-corrected chi connectivity index (χ0v) is 12.4. The van der Waals surface area contributed by atoms with Crippen LogP contribution in [0.15, 0.2) is 23.7 Å². The average Bonchev–Trinajstić information content (AvgIpc) is 2.93. The number of pyridine rings is 1. The predicted molar refractivity (Wildman–Crippen MR) is 81.0 cm³/mol. The van der Waals surface area contributed by atoms with Crippen molar-refractivity contribution in [1.82, 2.24) is 10.3 Å². The number of aromatic nitrogens is 1. The number of hydrogen-bond donors (Lipinski definition) is 2. The van der Waals surface area contributed by atoms with Gasteiger partial charge in [-0.1, -0.05) is 0 Å². The number of ether oxygens (including phenoxy) is 1. The van der Waals surface area contributed by atoms with Gasteiger partial charge in [0, 0.05) is 44.8 Å². The Bertz CT molecular complexity index is 578. The van der Waals surface area contributed by atoms with Gasteiger partial charge in [-0.2, -0.15) is 0 Å². The van der Waals surface area contributed by atoms with Crippen molar-refractivity contribution in [2.24, 2.45) is 0 Å². The molecule has 1 atom stereocenters. The first kappa shape index (κ1) is 13.9. The lowest BCUT2D eigenvalue weighted by atomic mass is 9.94. The third-order valence-electron chi connectivity index (χ3n) is 3.98. The standard InChI is InChI=1S/C15H20N2O2S/c1-11(17-10-15(18)3-5-19-6-4-15)12-8-14-13(16-9-12)2-7-20-14/h2,7-9,11,17-18H,3-6,10H2,1H3. The van der Waals surface area contributed by atoms with Crippen molar-refractivity contribution >= 4 is 21.6 Å². The molecule has 5 heteroatoms. The molecule has 0 amide bonds. The number of thiophene rings is 1. The van der Waals surface area contributed by atoms with E-state index in [1.807, 2.05) is 12.3 Å². The highest BCUT2D eigenvalue weighted by atomic mass is 32.1. The summed E-state index contributed by atoms with van der Waals surface area (Å²) < 4.78 is 6.51. The van der Waals surface area contributed by atoms with E-state index in [-0.39, 0.29) is 6.04 Å². The molecule has 3 rings (SSSR count). The molecule has 1 aliphatic rings. The van der Waals surface area contributed by atoms with Gasteiger partial charge in [0.2, 0.25) is 0 Å². The van der Waals surface area contributed by atoms with E-state index in [2.05, 4.69) is 28.7 Å². The van der Waals surface area contributed by atoms with Gasteiger partial charge in [-0.25, -0.2) is 0 Å². The third-order valence-corrected chi connectivity index (χ3v) is 4.84. The Hall–Kier alpha value is -1.01. The zero-order valence-electron chi connectivity index (χ0n) is 11.6. The molecule has 0 saturated carbocycles. The second-order valence-electron chi connectivity index (χ2n) is 5.51. The maximum absolute atomic E-state index is 10.4. The predicted octanol–water partition coefficient (Wildman–Crippen LogP) is 2.49. The van der Waals surface area contributed by atoms with Crippen LogP contribution in [-0.4, -0.2) is 35.5 Å². The molecule has 1 aliphatic heterocycles. The van der Waals surface area contributed by atoms with Crippen LogP contribution in [0, 0.1) is 0 Å². The molecule has 1 fully saturated rings. The quantitative estimate of drug-likeness (QED) is 0.909. The minimum absolute atomic E-state index is 0.181. The maximum Gasteiger partial charge on any atom is 0.0815 e. The second kappa shape index (κ2) is 5.77. The highest BCUT2D eigenvalue weighted by Gasteiger charge is 2.29. The van der Waals surface area contributed by atoms with Gasteiger partial charge in [0.25, 0.3) is 0 Å². The Labute approximate surface area is 122 Å². The second-order valence-corrected chi connectivity index (χ2v) is 6.46. The van der Waals surface area contributed by atoms with Gasteiger partial charge in [0.05, 0.1) is 15.8 Å². The largest absolute Gasteiger partial charge is 0.388 e. The van der Waals surface area contributed by atoms with Crippen LogP contribution in [0.25, 0.3) is 10.2 Å². The molecule has 3 heterocycles. The number of nitrogens with zero attached hydrogens (tertiary/aromatic N) is 1. The highest BCUT2D eigenvalue weighted by Crippen LogP contribution is 2.24. The minimum Gasteiger partial charge on any atom is -0.388 e. The normalized spacial score (nSPS) is 20.1. The van der Waals surface area contributed by atoms with Gasteiger partial charge in [0.1, 0.15) is 0 Å². The molecule has 2 aromatic rings. The Morgan fingerprint density at radius 1 is 1.50 bits per heavy atom. The molecule has 108 valence electrons. The van der Waals surface area contributed by atoms with E-state index in [0.29, 0.717) is 32.6 Å². The molecule has 0 radical (unpaired) electrons. The summed E-state index contributed by atoms with van der Waals surface area (Å²) in [5.41, 5.74) is 1.58. The van der Waals surface area contributed by atoms with Crippen molar-refractivity contribution in [3.63, 3.8) is 0 Å². The molecule has 1 saturated heterocycles. The van der Waals surface area contributed by atoms with Crippen molar-refractivity contribution in [1.29, 1.82) is 0 Å². The van der Waals surface area contributed by atoms with E-state index < -0.39 is 5.60 Å². The van der Waals surface area contributed by atoms with Crippen molar-refractivity contribution in [3.05, 3.63) is 29.3 Å². The van der Waals surface area contributed by atoms with E-state index in [0.717, 1.165) is 11.1 Å². The first-order valence-electron chi connectivity index (χ1n) is 7.03. The fraction of sp³-hybridized carbons (Fsp3) is 0.533. The Balaban J connectivity index is 1.64. The van der Waals surface area contributed by atoms with Crippen LogP contribution in [-0.2, 0) is 4.74 Å². The minimum atomic E-state index is -0.632. The summed E-state index contributed by atoms with van der Waals surface area (Å²) >= 11 is 1.71. The Morgan fingerprint density at radius 2 is 2.30 bits per heavy atom. The Morgan fingerprint density at radius 3 is 3.10 bits per heavy atom. The zero-order chi connectivity index (χ0) is 14.0. The molecular weight excluding hydrogens is 272 g/mol. The van der Waals surface area contributed by atoms with Crippen LogP contribution >= 0.6 is 11.3 Å². The van der Waals surface area contributed by atoms with E-state index in [4.69, 9.17) is 4.74 Å². The van der Waals surface area contributed by atoms with Crippen molar-refractivity contribution < 1.29 is 9.84 Å². The van der Waals surface area contributed by atoms with Crippen LogP contribution < -0.4 is 5.32 Å². The monoisotopic (exact) mass is 292 g/mol. The summed E-state index contributed by atoms with van der Waals surface area (Å²) in [5.74, 6) is 0. The van der Waals surface area contributed by atoms with E-state index in [1.165, 1.54) is 4.70 Å². The number of rotatable bonds is 4. The summed E-state index contributed by atoms with van der Waals surface area (Å²) in [6, 6.07) is 4.39. The lowest BCUT2D eigenvalue weighted by Crippen LogP contribution is -2.45. The van der Waals surface area contributed by atoms with Gasteiger partial charge < -0.3 is 15.2 Å². The smallest absolute Gasteiger partial charge is 0.0815 e. The number of fused-ring (bicyclic) bond motifs is 1. The number of aliphatic hydroxyl groups is 1. The third kappa shape index (κ3) is 3.01. The summed E-state index contributed by atoms with van der Waals surface area (Å²) in [5, 5.41) is 15.9. The summed E-state index contributed by atoms with van der Waals surface area (Å²) in [4.78, 5) is 4.46. The Kier molecular flexibility index (Phi) is 4.03. The molecule has 20 heavy (non-hydrogen) atoms. The molecule has 0 bridgehead atoms. The van der Waals surface area contributed by atoms with Gasteiger partial charge in [-0.05, 0) is 30.0 Å². The summed E-state index contributed by atoms with van der Waals surface area (Å²) in [6.45, 7) is 4.00. The first-order chi connectivity index (χ1) is 9.66. The maximum atomic E-state index is 10.4. The van der Waals surface area contributed by atoms with Gasteiger partial charge in [-0.15, -0.1) is 11.3 Å². The highest BCUT2D eigenvalue weighted by molar-refractivity contribution is 7.17. The van der Waals surface area contributed by atoms with Crippen LogP contribution in [0.2, 0.25) is 0 Å². The van der Waals surface area contributed by atoms with Gasteiger partial charge in [-0.3, -0.25) is 4.98 Å². The molecule has 2 N–H and O–H groups in total. The fourth-order valence-electron chi connectivity index (χ4n) is 2.49. The van der Waals surface area contributed by atoms with Gasteiger partial charge >= 0.3 is 0 Å². The van der Waals surface area contributed by atoms with E-state index >= 15 is 0 Å². The van der Waals surface area contributed by atoms with Crippen molar-refractivity contribution in [2.45, 2.75) is 31.4 Å². The summed E-state index contributed by atoms with van der Waals surface area (Å²) in [6.07, 6.45) is 3.32. The average molecular weight is 292 g/mol. The number of hydrogen-bond acceptors (Lipinski definition) is 5. The topological polar surface area (TPSA) is 54.4 Å². The molecule has 1 unspecified atom stereocenters. The lowest BCUT2D eigenvalue weighted by molar-refractivity contribution is -0.0626. The lowest BCUT2D eigenvalue weighted by Gasteiger charge is -2.33. The van der Waals surface area contributed by atoms with Crippen LogP contribution in [0.1, 0.15) is 31.4 Å². The van der Waals surface area contributed by atoms with Crippen LogP contribution in [0.5, 0.6) is 0 Å². The van der Waals surface area contributed by atoms with Crippen molar-refractivity contribution in [2.75, 3.05) is 19.8 Å². The van der Waals surface area contributed by atoms with Gasteiger partial charge in [0.15, 0.2) is 0 Å².